The van der Waals surface area contributed by atoms with Gasteiger partial charge in [0.2, 0.25) is 0 Å². The van der Waals surface area contributed by atoms with Crippen molar-refractivity contribution in [1.29, 1.82) is 0 Å². The Morgan fingerprint density at radius 1 is 1.23 bits per heavy atom. The number of anilines is 1. The van der Waals surface area contributed by atoms with E-state index in [-0.39, 0.29) is 18.1 Å². The van der Waals surface area contributed by atoms with Gasteiger partial charge in [0.1, 0.15) is 11.6 Å². The highest BCUT2D eigenvalue weighted by Crippen LogP contribution is 2.31. The topological polar surface area (TPSA) is 71.8 Å². The minimum absolute atomic E-state index is 0.216. The number of halogens is 1. The van der Waals surface area contributed by atoms with Gasteiger partial charge in [0.25, 0.3) is 0 Å². The number of carbonyl (C=O) groups is 1. The van der Waals surface area contributed by atoms with Crippen molar-refractivity contribution in [1.82, 2.24) is 19.9 Å². The number of carbonyl (C=O) groups excluding carboxylic acids is 1. The van der Waals surface area contributed by atoms with Gasteiger partial charge >= 0.3 is 6.03 Å². The maximum absolute atomic E-state index is 12.3. The van der Waals surface area contributed by atoms with Gasteiger partial charge in [0.15, 0.2) is 0 Å². The number of hydrogen-bond donors (Lipinski definition) is 2. The molecule has 140 valence electrons. The van der Waals surface area contributed by atoms with E-state index in [0.29, 0.717) is 10.8 Å². The summed E-state index contributed by atoms with van der Waals surface area (Å²) in [5.41, 5.74) is 1.73. The fourth-order valence-electron chi connectivity index (χ4n) is 3.59. The second-order valence-corrected chi connectivity index (χ2v) is 7.54. The summed E-state index contributed by atoms with van der Waals surface area (Å²) in [6.07, 6.45) is 9.06. The fourth-order valence-corrected chi connectivity index (χ4v) is 3.79. The Bertz CT molecular complexity index is 780. The highest BCUT2D eigenvalue weighted by atomic mass is 35.5. The van der Waals surface area contributed by atoms with E-state index in [0.717, 1.165) is 29.9 Å². The zero-order valence-electron chi connectivity index (χ0n) is 15.6. The van der Waals surface area contributed by atoms with Crippen LogP contribution in [0.2, 0.25) is 5.02 Å². The highest BCUT2D eigenvalue weighted by molar-refractivity contribution is 6.33. The third-order valence-electron chi connectivity index (χ3n) is 4.81. The first-order chi connectivity index (χ1) is 12.5. The van der Waals surface area contributed by atoms with Crippen molar-refractivity contribution in [3.05, 3.63) is 29.3 Å². The average Bonchev–Trinajstić information content (AvgIpc) is 2.99. The number of amides is 2. The summed E-state index contributed by atoms with van der Waals surface area (Å²) in [5, 5.41) is 6.40. The lowest BCUT2D eigenvalue weighted by Crippen LogP contribution is -2.39. The largest absolute Gasteiger partial charge is 0.335 e. The molecule has 2 amide bonds. The van der Waals surface area contributed by atoms with Crippen LogP contribution in [0.25, 0.3) is 11.3 Å². The standard InChI is InChI=1S/C19H26ClN5O/c1-12(2)25-13(3)21-11-17(25)15-9-18(22-10-16(15)20)24-19(26)23-14-7-5-4-6-8-14/h9-12,14H,4-8H2,1-3H3,(H2,22,23,24,26). The summed E-state index contributed by atoms with van der Waals surface area (Å²) in [6, 6.07) is 2.09. The Morgan fingerprint density at radius 3 is 2.65 bits per heavy atom. The summed E-state index contributed by atoms with van der Waals surface area (Å²) < 4.78 is 2.12. The number of urea groups is 1. The van der Waals surface area contributed by atoms with E-state index in [1.807, 2.05) is 13.1 Å². The van der Waals surface area contributed by atoms with Crippen LogP contribution in [0.15, 0.2) is 18.5 Å². The molecule has 26 heavy (non-hydrogen) atoms. The van der Waals surface area contributed by atoms with Crippen LogP contribution in [0.3, 0.4) is 0 Å². The molecule has 0 aromatic carbocycles. The molecular formula is C19H26ClN5O. The summed E-state index contributed by atoms with van der Waals surface area (Å²) in [7, 11) is 0. The van der Waals surface area contributed by atoms with Gasteiger partial charge in [0, 0.05) is 23.8 Å². The van der Waals surface area contributed by atoms with Crippen molar-refractivity contribution in [2.75, 3.05) is 5.32 Å². The fraction of sp³-hybridized carbons (Fsp3) is 0.526. The number of pyridine rings is 1. The SMILES string of the molecule is Cc1ncc(-c2cc(NC(=O)NC3CCCCC3)ncc2Cl)n1C(C)C. The first-order valence-electron chi connectivity index (χ1n) is 9.23. The Kier molecular flexibility index (Phi) is 5.81. The zero-order valence-corrected chi connectivity index (χ0v) is 16.3. The molecule has 2 aromatic heterocycles. The molecule has 0 unspecified atom stereocenters. The van der Waals surface area contributed by atoms with E-state index in [9.17, 15) is 4.79 Å². The zero-order chi connectivity index (χ0) is 18.7. The third-order valence-corrected chi connectivity index (χ3v) is 5.11. The Labute approximate surface area is 159 Å². The molecule has 1 fully saturated rings. The normalized spacial score (nSPS) is 15.3. The number of hydrogen-bond acceptors (Lipinski definition) is 3. The number of imidazole rings is 1. The maximum atomic E-state index is 12.3. The van der Waals surface area contributed by atoms with E-state index in [1.165, 1.54) is 19.3 Å². The predicted octanol–water partition coefficient (Wildman–Crippen LogP) is 4.94. The molecular weight excluding hydrogens is 350 g/mol. The summed E-state index contributed by atoms with van der Waals surface area (Å²) in [5.74, 6) is 1.40. The van der Waals surface area contributed by atoms with E-state index in [1.54, 1.807) is 12.3 Å². The Morgan fingerprint density at radius 2 is 1.96 bits per heavy atom. The van der Waals surface area contributed by atoms with E-state index >= 15 is 0 Å². The lowest BCUT2D eigenvalue weighted by atomic mass is 9.96. The predicted molar refractivity (Wildman–Crippen MR) is 105 cm³/mol. The number of nitrogens with one attached hydrogen (secondary N) is 2. The lowest BCUT2D eigenvalue weighted by molar-refractivity contribution is 0.244. The molecule has 1 aliphatic carbocycles. The molecule has 1 saturated carbocycles. The van der Waals surface area contributed by atoms with Gasteiger partial charge in [-0.3, -0.25) is 5.32 Å². The molecule has 0 bridgehead atoms. The van der Waals surface area contributed by atoms with Crippen molar-refractivity contribution >= 4 is 23.4 Å². The Hall–Kier alpha value is -2.08. The molecule has 0 atom stereocenters. The van der Waals surface area contributed by atoms with Crippen LogP contribution in [0.4, 0.5) is 10.6 Å². The lowest BCUT2D eigenvalue weighted by Gasteiger charge is -2.22. The summed E-state index contributed by atoms with van der Waals surface area (Å²) >= 11 is 6.38. The number of aryl methyl sites for hydroxylation is 1. The minimum Gasteiger partial charge on any atom is -0.335 e. The van der Waals surface area contributed by atoms with Crippen LogP contribution in [0.5, 0.6) is 0 Å². The summed E-state index contributed by atoms with van der Waals surface area (Å²) in [6.45, 7) is 6.17. The van der Waals surface area contributed by atoms with Gasteiger partial charge in [-0.15, -0.1) is 0 Å². The molecule has 0 aliphatic heterocycles. The average molecular weight is 376 g/mol. The molecule has 1 aliphatic rings. The molecule has 0 saturated heterocycles. The van der Waals surface area contributed by atoms with Crippen molar-refractivity contribution in [2.24, 2.45) is 0 Å². The third kappa shape index (κ3) is 4.18. The monoisotopic (exact) mass is 375 g/mol. The van der Waals surface area contributed by atoms with Gasteiger partial charge in [-0.25, -0.2) is 14.8 Å². The molecule has 2 aromatic rings. The maximum Gasteiger partial charge on any atom is 0.320 e. The van der Waals surface area contributed by atoms with Gasteiger partial charge in [0.05, 0.1) is 16.9 Å². The van der Waals surface area contributed by atoms with Crippen molar-refractivity contribution in [3.8, 4) is 11.3 Å². The van der Waals surface area contributed by atoms with Crippen molar-refractivity contribution in [2.45, 2.75) is 65.0 Å². The smallest absolute Gasteiger partial charge is 0.320 e. The first kappa shape index (κ1) is 18.7. The number of aromatic nitrogens is 3. The molecule has 0 spiro atoms. The molecule has 2 N–H and O–H groups in total. The van der Waals surface area contributed by atoms with Crippen LogP contribution in [-0.4, -0.2) is 26.6 Å². The van der Waals surface area contributed by atoms with Gasteiger partial charge in [-0.1, -0.05) is 30.9 Å². The Balaban J connectivity index is 1.78. The van der Waals surface area contributed by atoms with Gasteiger partial charge in [-0.2, -0.15) is 0 Å². The van der Waals surface area contributed by atoms with Crippen LogP contribution in [0.1, 0.15) is 57.8 Å². The molecule has 0 radical (unpaired) electrons. The van der Waals surface area contributed by atoms with Crippen LogP contribution in [-0.2, 0) is 0 Å². The molecule has 6 nitrogen and oxygen atoms in total. The van der Waals surface area contributed by atoms with Crippen molar-refractivity contribution < 1.29 is 4.79 Å². The number of rotatable bonds is 4. The van der Waals surface area contributed by atoms with E-state index < -0.39 is 0 Å². The van der Waals surface area contributed by atoms with Crippen LogP contribution < -0.4 is 10.6 Å². The highest BCUT2D eigenvalue weighted by Gasteiger charge is 2.18. The summed E-state index contributed by atoms with van der Waals surface area (Å²) in [4.78, 5) is 20.9. The molecule has 2 heterocycles. The van der Waals surface area contributed by atoms with Gasteiger partial charge in [-0.05, 0) is 39.7 Å². The molecule has 7 heteroatoms. The van der Waals surface area contributed by atoms with Crippen molar-refractivity contribution in [3.63, 3.8) is 0 Å². The number of nitrogens with zero attached hydrogens (tertiary/aromatic N) is 3. The van der Waals surface area contributed by atoms with Gasteiger partial charge < -0.3 is 9.88 Å². The molecule has 3 rings (SSSR count). The first-order valence-corrected chi connectivity index (χ1v) is 9.60. The quantitative estimate of drug-likeness (QED) is 0.794. The van der Waals surface area contributed by atoms with Crippen LogP contribution >= 0.6 is 11.6 Å². The van der Waals surface area contributed by atoms with Crippen LogP contribution in [0, 0.1) is 6.92 Å². The van der Waals surface area contributed by atoms with E-state index in [4.69, 9.17) is 11.6 Å². The second kappa shape index (κ2) is 8.08. The second-order valence-electron chi connectivity index (χ2n) is 7.14. The minimum atomic E-state index is -0.216. The van der Waals surface area contributed by atoms with E-state index in [2.05, 4.69) is 39.0 Å².